The molecule has 1 saturated heterocycles. The predicted molar refractivity (Wildman–Crippen MR) is 102 cm³/mol. The zero-order chi connectivity index (χ0) is 17.8. The molecule has 2 N–H and O–H groups in total. The number of aromatic hydroxyl groups is 1. The molecule has 2 aromatic carbocycles. The average Bonchev–Trinajstić information content (AvgIpc) is 2.64. The van der Waals surface area contributed by atoms with Crippen molar-refractivity contribution in [2.75, 3.05) is 33.9 Å². The van der Waals surface area contributed by atoms with Crippen LogP contribution in [0.25, 0.3) is 0 Å². The largest absolute Gasteiger partial charge is 1.00 e. The number of nitrogens with one attached hydrogen (secondary N) is 1. The van der Waals surface area contributed by atoms with Gasteiger partial charge in [-0.2, -0.15) is 0 Å². The Morgan fingerprint density at radius 2 is 1.96 bits per heavy atom. The standard InChI is InChI=1S/C19H23BrN2O3.Na.H/c1-24-18-6-4-3-5-14(18)16-12-22(8-7-21-16)11-13-9-17(23)19(25-2)10-15(13)20;;/h3-6,9-10,16,21,23H,7-8,11-12H2,1-2H3;;/q;+1;-1. The summed E-state index contributed by atoms with van der Waals surface area (Å²) in [7, 11) is 3.26. The van der Waals surface area contributed by atoms with Crippen molar-refractivity contribution in [3.8, 4) is 17.2 Å². The van der Waals surface area contributed by atoms with Gasteiger partial charge in [-0.15, -0.1) is 0 Å². The van der Waals surface area contributed by atoms with E-state index in [9.17, 15) is 5.11 Å². The number of ether oxygens (including phenoxy) is 2. The molecule has 1 aliphatic rings. The summed E-state index contributed by atoms with van der Waals surface area (Å²) in [6.45, 7) is 3.48. The van der Waals surface area contributed by atoms with Crippen LogP contribution in [0, 0.1) is 0 Å². The van der Waals surface area contributed by atoms with Crippen LogP contribution in [0.5, 0.6) is 17.2 Å². The zero-order valence-electron chi connectivity index (χ0n) is 16.5. The normalized spacial score (nSPS) is 17.4. The van der Waals surface area contributed by atoms with Crippen molar-refractivity contribution >= 4 is 15.9 Å². The third kappa shape index (κ3) is 4.94. The van der Waals surface area contributed by atoms with Crippen LogP contribution in [0.4, 0.5) is 0 Å². The van der Waals surface area contributed by atoms with E-state index >= 15 is 0 Å². The Labute approximate surface area is 186 Å². The van der Waals surface area contributed by atoms with Gasteiger partial charge in [0.2, 0.25) is 0 Å². The molecule has 5 nitrogen and oxygen atoms in total. The van der Waals surface area contributed by atoms with Gasteiger partial charge in [-0.25, -0.2) is 0 Å². The minimum atomic E-state index is 0. The van der Waals surface area contributed by atoms with Crippen LogP contribution in [0.3, 0.4) is 0 Å². The molecular formula is C19H24BrN2NaO3. The smallest absolute Gasteiger partial charge is 1.00 e. The molecule has 0 radical (unpaired) electrons. The van der Waals surface area contributed by atoms with Crippen molar-refractivity contribution in [2.24, 2.45) is 0 Å². The minimum absolute atomic E-state index is 0. The van der Waals surface area contributed by atoms with E-state index < -0.39 is 0 Å². The van der Waals surface area contributed by atoms with E-state index in [-0.39, 0.29) is 42.8 Å². The van der Waals surface area contributed by atoms with Gasteiger partial charge >= 0.3 is 29.6 Å². The van der Waals surface area contributed by atoms with Gasteiger partial charge in [-0.3, -0.25) is 4.90 Å². The molecule has 26 heavy (non-hydrogen) atoms. The molecular weight excluding hydrogens is 407 g/mol. The van der Waals surface area contributed by atoms with Gasteiger partial charge in [0.25, 0.3) is 0 Å². The summed E-state index contributed by atoms with van der Waals surface area (Å²) in [5, 5.41) is 13.6. The van der Waals surface area contributed by atoms with Gasteiger partial charge < -0.3 is 21.3 Å². The number of hydrogen-bond donors (Lipinski definition) is 2. The molecule has 7 heteroatoms. The Kier molecular flexibility index (Phi) is 8.26. The maximum absolute atomic E-state index is 10.1. The maximum Gasteiger partial charge on any atom is 1.00 e. The number of piperazine rings is 1. The molecule has 0 aromatic heterocycles. The maximum atomic E-state index is 10.1. The van der Waals surface area contributed by atoms with Crippen LogP contribution in [-0.2, 0) is 6.54 Å². The van der Waals surface area contributed by atoms with Gasteiger partial charge in [0, 0.05) is 42.3 Å². The van der Waals surface area contributed by atoms with Crippen LogP contribution in [-0.4, -0.2) is 43.9 Å². The summed E-state index contributed by atoms with van der Waals surface area (Å²) >= 11 is 3.58. The fourth-order valence-electron chi connectivity index (χ4n) is 3.23. The van der Waals surface area contributed by atoms with E-state index in [4.69, 9.17) is 9.47 Å². The van der Waals surface area contributed by atoms with Gasteiger partial charge in [0.15, 0.2) is 11.5 Å². The molecule has 1 atom stereocenters. The van der Waals surface area contributed by atoms with Crippen molar-refractivity contribution in [1.29, 1.82) is 0 Å². The molecule has 1 aliphatic heterocycles. The van der Waals surface area contributed by atoms with Crippen LogP contribution >= 0.6 is 15.9 Å². The first kappa shape index (κ1) is 21.5. The fraction of sp³-hybridized carbons (Fsp3) is 0.368. The molecule has 1 fully saturated rings. The quantitative estimate of drug-likeness (QED) is 0.673. The van der Waals surface area contributed by atoms with Crippen molar-refractivity contribution in [3.63, 3.8) is 0 Å². The summed E-state index contributed by atoms with van der Waals surface area (Å²) in [4.78, 5) is 2.37. The molecule has 1 heterocycles. The summed E-state index contributed by atoms with van der Waals surface area (Å²) in [6, 6.07) is 11.9. The van der Waals surface area contributed by atoms with E-state index in [0.29, 0.717) is 5.75 Å². The number of rotatable bonds is 5. The number of para-hydroxylation sites is 1. The number of hydrogen-bond acceptors (Lipinski definition) is 5. The first-order valence-corrected chi connectivity index (χ1v) is 9.05. The number of phenolic OH excluding ortho intramolecular Hbond substituents is 1. The summed E-state index contributed by atoms with van der Waals surface area (Å²) in [5.41, 5.74) is 2.21. The van der Waals surface area contributed by atoms with Crippen LogP contribution < -0.4 is 44.3 Å². The van der Waals surface area contributed by atoms with Crippen molar-refractivity contribution < 1.29 is 45.6 Å². The molecule has 2 aromatic rings. The van der Waals surface area contributed by atoms with E-state index in [0.717, 1.165) is 42.0 Å². The summed E-state index contributed by atoms with van der Waals surface area (Å²) in [6.07, 6.45) is 0. The van der Waals surface area contributed by atoms with E-state index in [1.54, 1.807) is 20.3 Å². The Morgan fingerprint density at radius 1 is 1.23 bits per heavy atom. The van der Waals surface area contributed by atoms with Gasteiger partial charge in [0.1, 0.15) is 5.75 Å². The number of methoxy groups -OCH3 is 2. The second kappa shape index (κ2) is 9.97. The first-order chi connectivity index (χ1) is 12.1. The van der Waals surface area contributed by atoms with Gasteiger partial charge in [0.05, 0.1) is 14.2 Å². The molecule has 0 aliphatic carbocycles. The molecule has 0 bridgehead atoms. The van der Waals surface area contributed by atoms with Crippen molar-refractivity contribution in [3.05, 3.63) is 52.0 Å². The molecule has 0 spiro atoms. The Hall–Kier alpha value is -0.760. The Bertz CT molecular complexity index is 751. The Morgan fingerprint density at radius 3 is 2.69 bits per heavy atom. The zero-order valence-corrected chi connectivity index (χ0v) is 19.0. The number of nitrogens with zero attached hydrogens (tertiary/aromatic N) is 1. The molecule has 0 saturated carbocycles. The number of phenols is 1. The topological polar surface area (TPSA) is 54.0 Å². The average molecular weight is 431 g/mol. The van der Waals surface area contributed by atoms with Crippen molar-refractivity contribution in [1.82, 2.24) is 10.2 Å². The minimum Gasteiger partial charge on any atom is -1.00 e. The van der Waals surface area contributed by atoms with E-state index in [2.05, 4.69) is 32.2 Å². The third-order valence-corrected chi connectivity index (χ3v) is 5.25. The SMILES string of the molecule is COc1cc(Br)c(CN2CCNC(c3ccccc3OC)C2)cc1O.[H-].[Na+]. The van der Waals surface area contributed by atoms with Crippen molar-refractivity contribution in [2.45, 2.75) is 12.6 Å². The second-order valence-corrected chi connectivity index (χ2v) is 6.95. The summed E-state index contributed by atoms with van der Waals surface area (Å²) in [5.74, 6) is 1.55. The van der Waals surface area contributed by atoms with E-state index in [1.165, 1.54) is 5.56 Å². The van der Waals surface area contributed by atoms with Gasteiger partial charge in [-0.05, 0) is 23.8 Å². The molecule has 1 unspecified atom stereocenters. The predicted octanol–water partition coefficient (Wildman–Crippen LogP) is 0.435. The monoisotopic (exact) mass is 430 g/mol. The van der Waals surface area contributed by atoms with E-state index in [1.807, 2.05) is 24.3 Å². The van der Waals surface area contributed by atoms with Crippen LogP contribution in [0.1, 0.15) is 18.6 Å². The fourth-order valence-corrected chi connectivity index (χ4v) is 3.68. The number of halogens is 1. The number of benzene rings is 2. The molecule has 3 rings (SSSR count). The second-order valence-electron chi connectivity index (χ2n) is 6.10. The molecule has 0 amide bonds. The van der Waals surface area contributed by atoms with Gasteiger partial charge in [-0.1, -0.05) is 34.1 Å². The molecule has 136 valence electrons. The first-order valence-electron chi connectivity index (χ1n) is 8.26. The third-order valence-electron chi connectivity index (χ3n) is 4.52. The summed E-state index contributed by atoms with van der Waals surface area (Å²) < 4.78 is 11.6. The van der Waals surface area contributed by atoms with Crippen LogP contribution in [0.15, 0.2) is 40.9 Å². The van der Waals surface area contributed by atoms with Crippen LogP contribution in [0.2, 0.25) is 0 Å². The Balaban J connectivity index is 0.00000182.